The highest BCUT2D eigenvalue weighted by Crippen LogP contribution is 2.19. The molecule has 0 amide bonds. The van der Waals surface area contributed by atoms with Crippen molar-refractivity contribution in [3.63, 3.8) is 0 Å². The lowest BCUT2D eigenvalue weighted by molar-refractivity contribution is 0.119. The van der Waals surface area contributed by atoms with Crippen molar-refractivity contribution < 1.29 is 9.50 Å². The van der Waals surface area contributed by atoms with E-state index in [9.17, 15) is 9.50 Å². The molecule has 2 unspecified atom stereocenters. The van der Waals surface area contributed by atoms with E-state index in [1.165, 1.54) is 18.6 Å². The molecule has 18 heavy (non-hydrogen) atoms. The average molecular weight is 316 g/mol. The van der Waals surface area contributed by atoms with Gasteiger partial charge in [-0.05, 0) is 36.6 Å². The Hall–Kier alpha value is -0.450. The zero-order chi connectivity index (χ0) is 13.0. The minimum absolute atomic E-state index is 0.134. The van der Waals surface area contributed by atoms with Gasteiger partial charge >= 0.3 is 0 Å². The summed E-state index contributed by atoms with van der Waals surface area (Å²) in [4.78, 5) is 0. The summed E-state index contributed by atoms with van der Waals surface area (Å²) in [6, 6.07) is 5.01. The van der Waals surface area contributed by atoms with Crippen LogP contribution in [0.3, 0.4) is 0 Å². The molecule has 0 aliphatic heterocycles. The second-order valence-corrected chi connectivity index (χ2v) is 5.89. The summed E-state index contributed by atoms with van der Waals surface area (Å²) in [6.07, 6.45) is 5.04. The van der Waals surface area contributed by atoms with Gasteiger partial charge in [0.25, 0.3) is 0 Å². The molecule has 0 heterocycles. The molecule has 1 aliphatic rings. The topological polar surface area (TPSA) is 32.3 Å². The normalized spacial score (nSPS) is 24.8. The first-order valence-electron chi connectivity index (χ1n) is 6.51. The molecule has 2 nitrogen and oxygen atoms in total. The molecule has 2 N–H and O–H groups in total. The van der Waals surface area contributed by atoms with E-state index in [0.29, 0.717) is 6.54 Å². The molecule has 1 saturated carbocycles. The van der Waals surface area contributed by atoms with Crippen LogP contribution in [-0.4, -0.2) is 17.3 Å². The molecule has 1 aromatic rings. The van der Waals surface area contributed by atoms with Crippen molar-refractivity contribution in [3.05, 3.63) is 34.1 Å². The molecule has 2 rings (SSSR count). The highest BCUT2D eigenvalue weighted by molar-refractivity contribution is 9.10. The highest BCUT2D eigenvalue weighted by Gasteiger charge is 2.20. The number of aliphatic hydroxyl groups excluding tert-OH is 1. The summed E-state index contributed by atoms with van der Waals surface area (Å²) in [5.74, 6) is -0.234. The van der Waals surface area contributed by atoms with Crippen molar-refractivity contribution >= 4 is 15.9 Å². The molecule has 0 spiro atoms. The van der Waals surface area contributed by atoms with Gasteiger partial charge in [-0.2, -0.15) is 0 Å². The largest absolute Gasteiger partial charge is 0.392 e. The first-order chi connectivity index (χ1) is 8.65. The van der Waals surface area contributed by atoms with Gasteiger partial charge in [-0.15, -0.1) is 0 Å². The monoisotopic (exact) mass is 315 g/mol. The van der Waals surface area contributed by atoms with Crippen LogP contribution in [0, 0.1) is 5.82 Å². The molecule has 4 heteroatoms. The van der Waals surface area contributed by atoms with Crippen molar-refractivity contribution in [2.45, 2.75) is 50.8 Å². The van der Waals surface area contributed by atoms with Gasteiger partial charge in [0.15, 0.2) is 0 Å². The maximum absolute atomic E-state index is 13.2. The van der Waals surface area contributed by atoms with E-state index >= 15 is 0 Å². The van der Waals surface area contributed by atoms with Crippen LogP contribution < -0.4 is 5.32 Å². The van der Waals surface area contributed by atoms with Crippen LogP contribution >= 0.6 is 15.9 Å². The zero-order valence-electron chi connectivity index (χ0n) is 10.3. The summed E-state index contributed by atoms with van der Waals surface area (Å²) in [7, 11) is 0. The van der Waals surface area contributed by atoms with Gasteiger partial charge < -0.3 is 10.4 Å². The predicted octanol–water partition coefficient (Wildman–Crippen LogP) is 3.37. The Bertz CT molecular complexity index is 379. The molecule has 0 radical (unpaired) electrons. The van der Waals surface area contributed by atoms with Crippen LogP contribution in [0.5, 0.6) is 0 Å². The smallest absolute Gasteiger partial charge is 0.124 e. The van der Waals surface area contributed by atoms with Gasteiger partial charge in [0.1, 0.15) is 5.82 Å². The van der Waals surface area contributed by atoms with Crippen LogP contribution in [0.2, 0.25) is 0 Å². The number of hydrogen-bond acceptors (Lipinski definition) is 2. The molecular weight excluding hydrogens is 297 g/mol. The summed E-state index contributed by atoms with van der Waals surface area (Å²) < 4.78 is 14.0. The van der Waals surface area contributed by atoms with Gasteiger partial charge in [0.2, 0.25) is 0 Å². The lowest BCUT2D eigenvalue weighted by atomic mass is 10.1. The highest BCUT2D eigenvalue weighted by atomic mass is 79.9. The predicted molar refractivity (Wildman–Crippen MR) is 73.8 cm³/mol. The molecule has 1 aromatic carbocycles. The van der Waals surface area contributed by atoms with E-state index < -0.39 is 0 Å². The molecular formula is C14H19BrFNO. The third-order valence-corrected chi connectivity index (χ3v) is 3.93. The maximum atomic E-state index is 13.2. The van der Waals surface area contributed by atoms with Crippen molar-refractivity contribution in [1.82, 2.24) is 5.32 Å². The molecule has 0 bridgehead atoms. The van der Waals surface area contributed by atoms with Crippen molar-refractivity contribution in [2.75, 3.05) is 0 Å². The second-order valence-electron chi connectivity index (χ2n) is 4.97. The Morgan fingerprint density at radius 2 is 2.00 bits per heavy atom. The Balaban J connectivity index is 1.93. The molecule has 1 fully saturated rings. The van der Waals surface area contributed by atoms with E-state index in [1.807, 2.05) is 6.07 Å². The Morgan fingerprint density at radius 3 is 2.78 bits per heavy atom. The summed E-state index contributed by atoms with van der Waals surface area (Å²) in [5.41, 5.74) is 0.901. The third kappa shape index (κ3) is 4.04. The summed E-state index contributed by atoms with van der Waals surface area (Å²) >= 11 is 3.29. The maximum Gasteiger partial charge on any atom is 0.124 e. The fourth-order valence-electron chi connectivity index (χ4n) is 2.49. The van der Waals surface area contributed by atoms with Crippen molar-refractivity contribution in [1.29, 1.82) is 0 Å². The van der Waals surface area contributed by atoms with E-state index in [4.69, 9.17) is 0 Å². The zero-order valence-corrected chi connectivity index (χ0v) is 11.9. The van der Waals surface area contributed by atoms with Crippen LogP contribution in [0.25, 0.3) is 0 Å². The quantitative estimate of drug-likeness (QED) is 0.838. The van der Waals surface area contributed by atoms with Gasteiger partial charge in [0, 0.05) is 17.1 Å². The van der Waals surface area contributed by atoms with Gasteiger partial charge in [0.05, 0.1) is 6.10 Å². The van der Waals surface area contributed by atoms with Crippen molar-refractivity contribution in [3.8, 4) is 0 Å². The third-order valence-electron chi connectivity index (χ3n) is 3.47. The number of aliphatic hydroxyl groups is 1. The van der Waals surface area contributed by atoms with E-state index in [0.717, 1.165) is 35.7 Å². The lowest BCUT2D eigenvalue weighted by Crippen LogP contribution is -2.38. The minimum Gasteiger partial charge on any atom is -0.392 e. The second kappa shape index (κ2) is 6.64. The molecule has 0 aromatic heterocycles. The van der Waals surface area contributed by atoms with Crippen molar-refractivity contribution in [2.24, 2.45) is 0 Å². The van der Waals surface area contributed by atoms with Crippen LogP contribution in [0.1, 0.15) is 37.7 Å². The number of hydrogen-bond donors (Lipinski definition) is 2. The standard InChI is InChI=1S/C14H19BrFNO/c15-11-6-10(7-12(16)8-11)9-17-13-4-2-1-3-5-14(13)18/h6-8,13-14,17-18H,1-5,9H2. The van der Waals surface area contributed by atoms with Gasteiger partial charge in [-0.3, -0.25) is 0 Å². The van der Waals surface area contributed by atoms with E-state index in [1.54, 1.807) is 0 Å². The number of nitrogens with one attached hydrogen (secondary N) is 1. The van der Waals surface area contributed by atoms with Gasteiger partial charge in [-0.1, -0.05) is 35.2 Å². The van der Waals surface area contributed by atoms with E-state index in [-0.39, 0.29) is 18.0 Å². The first kappa shape index (κ1) is 14.0. The molecule has 100 valence electrons. The minimum atomic E-state index is -0.274. The number of rotatable bonds is 3. The van der Waals surface area contributed by atoms with Crippen LogP contribution in [-0.2, 0) is 6.54 Å². The molecule has 0 saturated heterocycles. The molecule has 2 atom stereocenters. The fourth-order valence-corrected chi connectivity index (χ4v) is 3.00. The average Bonchev–Trinajstić information content (AvgIpc) is 2.50. The Labute approximate surface area is 116 Å². The fraction of sp³-hybridized carbons (Fsp3) is 0.571. The van der Waals surface area contributed by atoms with Crippen LogP contribution in [0.15, 0.2) is 22.7 Å². The number of halogens is 2. The van der Waals surface area contributed by atoms with Gasteiger partial charge in [-0.25, -0.2) is 4.39 Å². The molecule has 1 aliphatic carbocycles. The van der Waals surface area contributed by atoms with E-state index in [2.05, 4.69) is 21.2 Å². The van der Waals surface area contributed by atoms with Crippen LogP contribution in [0.4, 0.5) is 4.39 Å². The number of benzene rings is 1. The Kier molecular flexibility index (Phi) is 5.15. The lowest BCUT2D eigenvalue weighted by Gasteiger charge is -2.22. The first-order valence-corrected chi connectivity index (χ1v) is 7.31. The Morgan fingerprint density at radius 1 is 1.22 bits per heavy atom. The SMILES string of the molecule is OC1CCCCCC1NCc1cc(F)cc(Br)c1. The summed E-state index contributed by atoms with van der Waals surface area (Å²) in [5, 5.41) is 13.3. The summed E-state index contributed by atoms with van der Waals surface area (Å²) in [6.45, 7) is 0.595.